The Kier molecular flexibility index (Phi) is 5.36. The summed E-state index contributed by atoms with van der Waals surface area (Å²) in [6.07, 6.45) is 0.824. The van der Waals surface area contributed by atoms with Crippen LogP contribution in [-0.4, -0.2) is 27.8 Å². The summed E-state index contributed by atoms with van der Waals surface area (Å²) in [7, 11) is -2.45. The molecule has 0 aliphatic rings. The fourth-order valence-electron chi connectivity index (χ4n) is 1.74. The second kappa shape index (κ2) is 7.26. The fourth-order valence-corrected chi connectivity index (χ4v) is 2.73. The number of amides is 1. The number of rotatable bonds is 5. The molecule has 0 fully saturated rings. The quantitative estimate of drug-likeness (QED) is 0.661. The second-order valence-electron chi connectivity index (χ2n) is 4.34. The molecule has 8 heteroatoms. The van der Waals surface area contributed by atoms with Gasteiger partial charge < -0.3 is 10.1 Å². The number of nitrogens with one attached hydrogen (secondary N) is 1. The van der Waals surface area contributed by atoms with Crippen LogP contribution in [0.3, 0.4) is 0 Å². The summed E-state index contributed by atoms with van der Waals surface area (Å²) in [5.74, 6) is -0.275. The first kappa shape index (κ1) is 17.0. The Morgan fingerprint density at radius 3 is 2.57 bits per heavy atom. The van der Waals surface area contributed by atoms with Crippen LogP contribution in [0.4, 0.5) is 0 Å². The lowest BCUT2D eigenvalue weighted by Gasteiger charge is -2.07. The van der Waals surface area contributed by atoms with Gasteiger partial charge in [0, 0.05) is 5.02 Å². The van der Waals surface area contributed by atoms with Gasteiger partial charge in [0.2, 0.25) is 0 Å². The summed E-state index contributed by atoms with van der Waals surface area (Å²) in [5, 5.41) is 2.63. The first-order chi connectivity index (χ1) is 10.9. The maximum absolute atomic E-state index is 12.1. The molecule has 1 amide bonds. The van der Waals surface area contributed by atoms with Crippen LogP contribution in [0.1, 0.15) is 10.4 Å². The lowest BCUT2D eigenvalue weighted by atomic mass is 10.2. The topological polar surface area (TPSA) is 84.8 Å². The minimum atomic E-state index is -3.86. The van der Waals surface area contributed by atoms with E-state index >= 15 is 0 Å². The zero-order chi connectivity index (χ0) is 16.9. The predicted molar refractivity (Wildman–Crippen MR) is 87.6 cm³/mol. The summed E-state index contributed by atoms with van der Waals surface area (Å²) in [5.41, 5.74) is 0.170. The molecule has 0 unspecified atom stereocenters. The lowest BCUT2D eigenvalue weighted by molar-refractivity contribution is 0.0975. The molecule has 0 atom stereocenters. The van der Waals surface area contributed by atoms with Crippen molar-refractivity contribution in [3.63, 3.8) is 0 Å². The highest BCUT2D eigenvalue weighted by Gasteiger charge is 2.13. The smallest absolute Gasteiger partial charge is 0.283 e. The summed E-state index contributed by atoms with van der Waals surface area (Å²) < 4.78 is 32.3. The molecule has 0 saturated carbocycles. The number of nitrogens with zero attached hydrogens (tertiary/aromatic N) is 1. The fraction of sp³-hybridized carbons (Fsp3) is 0.0667. The van der Waals surface area contributed by atoms with E-state index in [0.29, 0.717) is 10.8 Å². The van der Waals surface area contributed by atoms with Crippen molar-refractivity contribution in [2.45, 2.75) is 4.90 Å². The number of methoxy groups -OCH3 is 1. The van der Waals surface area contributed by atoms with Crippen molar-refractivity contribution in [3.8, 4) is 5.75 Å². The monoisotopic (exact) mass is 352 g/mol. The number of carbonyl (C=O) groups is 1. The van der Waals surface area contributed by atoms with Crippen LogP contribution in [0, 0.1) is 0 Å². The molecule has 0 saturated heterocycles. The van der Waals surface area contributed by atoms with Crippen LogP contribution in [0.15, 0.2) is 57.8 Å². The Morgan fingerprint density at radius 1 is 1.22 bits per heavy atom. The van der Waals surface area contributed by atoms with Crippen LogP contribution in [-0.2, 0) is 10.0 Å². The molecule has 6 nitrogen and oxygen atoms in total. The first-order valence-electron chi connectivity index (χ1n) is 6.42. The SMILES string of the molecule is COc1ccc(Cl)cc1C(=O)N/C=N/S(=O)(=O)c1ccccc1. The number of sulfonamides is 1. The van der Waals surface area contributed by atoms with Gasteiger partial charge in [0.25, 0.3) is 15.9 Å². The molecule has 0 bridgehead atoms. The van der Waals surface area contributed by atoms with Crippen LogP contribution < -0.4 is 10.1 Å². The van der Waals surface area contributed by atoms with Crippen LogP contribution in [0.2, 0.25) is 5.02 Å². The van der Waals surface area contributed by atoms with Gasteiger partial charge in [-0.1, -0.05) is 29.8 Å². The summed E-state index contributed by atoms with van der Waals surface area (Å²) in [6.45, 7) is 0. The Labute approximate surface area is 138 Å². The van der Waals surface area contributed by atoms with E-state index in [9.17, 15) is 13.2 Å². The standard InChI is InChI=1S/C15H13ClN2O4S/c1-22-14-8-7-11(16)9-13(14)15(19)17-10-18-23(20,21)12-5-3-2-4-6-12/h2-10H,1H3,(H,17,18,19). The Morgan fingerprint density at radius 2 is 1.91 bits per heavy atom. The molecule has 0 heterocycles. The summed E-state index contributed by atoms with van der Waals surface area (Å²) >= 11 is 5.84. The van der Waals surface area contributed by atoms with Crippen molar-refractivity contribution in [2.24, 2.45) is 4.40 Å². The van der Waals surface area contributed by atoms with Gasteiger partial charge >= 0.3 is 0 Å². The molecule has 1 N–H and O–H groups in total. The average molecular weight is 353 g/mol. The van der Waals surface area contributed by atoms with Gasteiger partial charge in [-0.2, -0.15) is 8.42 Å². The Bertz CT molecular complexity index is 836. The molecule has 2 rings (SSSR count). The molecular weight excluding hydrogens is 340 g/mol. The van der Waals surface area contributed by atoms with Crippen molar-refractivity contribution < 1.29 is 17.9 Å². The number of hydrogen-bond acceptors (Lipinski definition) is 4. The van der Waals surface area contributed by atoms with E-state index in [1.54, 1.807) is 24.3 Å². The lowest BCUT2D eigenvalue weighted by Crippen LogP contribution is -2.22. The highest BCUT2D eigenvalue weighted by atomic mass is 35.5. The summed E-state index contributed by atoms with van der Waals surface area (Å²) in [6, 6.07) is 12.2. The van der Waals surface area contributed by atoms with E-state index in [4.69, 9.17) is 16.3 Å². The van der Waals surface area contributed by atoms with Gasteiger partial charge in [-0.25, -0.2) is 0 Å². The van der Waals surface area contributed by atoms with Gasteiger partial charge in [0.15, 0.2) is 0 Å². The van der Waals surface area contributed by atoms with E-state index in [-0.39, 0.29) is 10.5 Å². The van der Waals surface area contributed by atoms with E-state index in [0.717, 1.165) is 6.34 Å². The van der Waals surface area contributed by atoms with E-state index in [2.05, 4.69) is 9.71 Å². The van der Waals surface area contributed by atoms with E-state index < -0.39 is 15.9 Å². The van der Waals surface area contributed by atoms with E-state index in [1.165, 1.54) is 31.4 Å². The summed E-state index contributed by atoms with van der Waals surface area (Å²) in [4.78, 5) is 12.1. The zero-order valence-electron chi connectivity index (χ0n) is 12.1. The van der Waals surface area contributed by atoms with Crippen molar-refractivity contribution >= 4 is 33.9 Å². The number of carbonyl (C=O) groups excluding carboxylic acids is 1. The van der Waals surface area contributed by atoms with Crippen LogP contribution in [0.5, 0.6) is 5.75 Å². The molecule has 23 heavy (non-hydrogen) atoms. The molecule has 0 aliphatic heterocycles. The molecule has 120 valence electrons. The predicted octanol–water partition coefficient (Wildman–Crippen LogP) is 2.50. The van der Waals surface area contributed by atoms with Gasteiger partial charge in [-0.05, 0) is 30.3 Å². The molecule has 0 spiro atoms. The Hall–Kier alpha value is -2.38. The second-order valence-corrected chi connectivity index (χ2v) is 6.41. The third-order valence-electron chi connectivity index (χ3n) is 2.83. The van der Waals surface area contributed by atoms with Gasteiger partial charge in [0.05, 0.1) is 17.6 Å². The van der Waals surface area contributed by atoms with Crippen molar-refractivity contribution in [1.29, 1.82) is 0 Å². The Balaban J connectivity index is 2.15. The van der Waals surface area contributed by atoms with Gasteiger partial charge in [-0.15, -0.1) is 4.40 Å². The molecule has 0 radical (unpaired) electrons. The molecule has 2 aromatic rings. The van der Waals surface area contributed by atoms with Crippen molar-refractivity contribution in [2.75, 3.05) is 7.11 Å². The highest BCUT2D eigenvalue weighted by molar-refractivity contribution is 7.90. The van der Waals surface area contributed by atoms with Crippen molar-refractivity contribution in [3.05, 3.63) is 59.1 Å². The van der Waals surface area contributed by atoms with Gasteiger partial charge in [0.1, 0.15) is 12.1 Å². The highest BCUT2D eigenvalue weighted by Crippen LogP contribution is 2.22. The first-order valence-corrected chi connectivity index (χ1v) is 8.24. The van der Waals surface area contributed by atoms with E-state index in [1.807, 2.05) is 0 Å². The average Bonchev–Trinajstić information content (AvgIpc) is 2.55. The number of ether oxygens (including phenoxy) is 1. The molecular formula is C15H13ClN2O4S. The number of hydrogen-bond donors (Lipinski definition) is 1. The third kappa shape index (κ3) is 4.30. The normalized spacial score (nSPS) is 11.4. The minimum Gasteiger partial charge on any atom is -0.496 e. The van der Waals surface area contributed by atoms with Gasteiger partial charge in [-0.3, -0.25) is 4.79 Å². The molecule has 0 aliphatic carbocycles. The number of halogens is 1. The third-order valence-corrected chi connectivity index (χ3v) is 4.32. The molecule has 0 aromatic heterocycles. The van der Waals surface area contributed by atoms with Crippen LogP contribution >= 0.6 is 11.6 Å². The number of benzene rings is 2. The largest absolute Gasteiger partial charge is 0.496 e. The maximum atomic E-state index is 12.1. The maximum Gasteiger partial charge on any atom is 0.283 e. The minimum absolute atomic E-state index is 0.0332. The molecule has 2 aromatic carbocycles. The van der Waals surface area contributed by atoms with Crippen molar-refractivity contribution in [1.82, 2.24) is 5.32 Å². The van der Waals surface area contributed by atoms with Crippen LogP contribution in [0.25, 0.3) is 0 Å². The zero-order valence-corrected chi connectivity index (χ0v) is 13.6.